The number of benzene rings is 12. The van der Waals surface area contributed by atoms with Crippen LogP contribution in [-0.4, -0.2) is 0 Å². The molecule has 1 unspecified atom stereocenters. The van der Waals surface area contributed by atoms with Gasteiger partial charge >= 0.3 is 34.5 Å². The SMILES string of the molecule is CCc1cc2c(C)cc1CCc1ccc(cc1P(c1ccccc1)c1ccccc1)CC2.CCc1cc2c([PH+](c3ccccc3)c3ccccc3)cc1CCc1ccc(cc1[PH+](c1ccccc1)c1ccccc1)CC2.[Cl][Ru+2][Cl].[NH-]C(c1ccccc1)[C@H]([NH-])c1ccccc1. The molecule has 0 aromatic heterocycles. The van der Waals surface area contributed by atoms with E-state index in [1.54, 1.807) is 15.9 Å². The van der Waals surface area contributed by atoms with Crippen LogP contribution in [0.3, 0.4) is 0 Å². The van der Waals surface area contributed by atoms with E-state index in [9.17, 15) is 0 Å². The molecule has 0 amide bonds. The summed E-state index contributed by atoms with van der Waals surface area (Å²) < 4.78 is 0. The molecule has 2 N–H and O–H groups in total. The summed E-state index contributed by atoms with van der Waals surface area (Å²) in [5.41, 5.74) is 34.5. The minimum Gasteiger partial charge on any atom is -0.672 e. The van der Waals surface area contributed by atoms with E-state index in [0.717, 1.165) is 75.3 Å². The second-order valence-corrected chi connectivity index (χ2v) is 34.2. The third-order valence-corrected chi connectivity index (χ3v) is 26.7. The van der Waals surface area contributed by atoms with Crippen molar-refractivity contribution in [3.63, 3.8) is 0 Å². The summed E-state index contributed by atoms with van der Waals surface area (Å²) in [6.45, 7) is 6.92. The Balaban J connectivity index is 0.000000157. The van der Waals surface area contributed by atoms with E-state index in [4.69, 9.17) is 30.8 Å². The molecule has 478 valence electrons. The van der Waals surface area contributed by atoms with E-state index in [0.29, 0.717) is 0 Å². The Hall–Kier alpha value is -6.95. The summed E-state index contributed by atoms with van der Waals surface area (Å²) in [5.74, 6) is 0. The van der Waals surface area contributed by atoms with Crippen LogP contribution in [-0.2, 0) is 79.4 Å². The number of nitrogens with one attached hydrogen (secondary N) is 2. The third kappa shape index (κ3) is 18.0. The van der Waals surface area contributed by atoms with Gasteiger partial charge in [0.1, 0.15) is 31.8 Å². The molecule has 95 heavy (non-hydrogen) atoms. The average Bonchev–Trinajstić information content (AvgIpc) is 0.810. The first-order valence-electron chi connectivity index (χ1n) is 33.4. The molecule has 8 heteroatoms. The summed E-state index contributed by atoms with van der Waals surface area (Å²) in [6, 6.07) is 110. The number of halogens is 2. The van der Waals surface area contributed by atoms with Gasteiger partial charge in [0.25, 0.3) is 0 Å². The topological polar surface area (TPSA) is 47.6 Å². The van der Waals surface area contributed by atoms with Crippen LogP contribution in [0.25, 0.3) is 11.5 Å². The minimum atomic E-state index is -1.14. The molecule has 20 rings (SSSR count). The van der Waals surface area contributed by atoms with Crippen molar-refractivity contribution < 1.29 is 15.1 Å². The van der Waals surface area contributed by atoms with Crippen LogP contribution in [0, 0.1) is 6.92 Å². The maximum atomic E-state index is 8.07. The summed E-state index contributed by atoms with van der Waals surface area (Å²) in [5, 5.41) is 13.4. The second kappa shape index (κ2) is 35.3. The monoisotopic (exact) mass is 1420 g/mol. The van der Waals surface area contributed by atoms with Crippen LogP contribution in [0.5, 0.6) is 0 Å². The molecule has 8 aliphatic carbocycles. The van der Waals surface area contributed by atoms with Crippen LogP contribution in [0.2, 0.25) is 0 Å². The Morgan fingerprint density at radius 1 is 0.347 bits per heavy atom. The Bertz CT molecular complexity index is 4160. The van der Waals surface area contributed by atoms with E-state index in [-0.39, 0.29) is 15.1 Å². The molecule has 0 saturated heterocycles. The van der Waals surface area contributed by atoms with Gasteiger partial charge in [0, 0.05) is 0 Å². The number of rotatable bonds is 14. The smallest absolute Gasteiger partial charge is 0.0606 e. The molecule has 0 aliphatic heterocycles. The van der Waals surface area contributed by atoms with Gasteiger partial charge in [-0.05, 0) is 217 Å². The summed E-state index contributed by atoms with van der Waals surface area (Å²) in [4.78, 5) is 0. The first kappa shape index (κ1) is 69.4. The fraction of sp³-hybridized carbons (Fsp3) is 0.172. The van der Waals surface area contributed by atoms with Gasteiger partial charge in [-0.2, -0.15) is 0 Å². The van der Waals surface area contributed by atoms with Crippen molar-refractivity contribution in [2.75, 3.05) is 0 Å². The number of aryl methyl sites for hydroxylation is 11. The molecular weight excluding hydrogens is 1340 g/mol. The Morgan fingerprint density at radius 3 is 1.11 bits per heavy atom. The van der Waals surface area contributed by atoms with Gasteiger partial charge < -0.3 is 11.5 Å². The Morgan fingerprint density at radius 2 is 0.674 bits per heavy atom. The van der Waals surface area contributed by atoms with Gasteiger partial charge in [0.2, 0.25) is 0 Å². The van der Waals surface area contributed by atoms with Gasteiger partial charge in [-0.3, -0.25) is 0 Å². The molecule has 8 bridgehead atoms. The zero-order chi connectivity index (χ0) is 65.7. The van der Waals surface area contributed by atoms with Crippen LogP contribution in [0.1, 0.15) is 98.3 Å². The van der Waals surface area contributed by atoms with Crippen molar-refractivity contribution in [2.45, 2.75) is 97.1 Å². The molecule has 12 aromatic rings. The van der Waals surface area contributed by atoms with Crippen molar-refractivity contribution in [3.05, 3.63) is 387 Å². The van der Waals surface area contributed by atoms with Crippen molar-refractivity contribution in [1.82, 2.24) is 0 Å². The first-order valence-corrected chi connectivity index (χ1v) is 42.3. The van der Waals surface area contributed by atoms with Crippen molar-refractivity contribution in [2.24, 2.45) is 0 Å². The zero-order valence-electron chi connectivity index (χ0n) is 54.6. The van der Waals surface area contributed by atoms with Crippen molar-refractivity contribution in [3.8, 4) is 0 Å². The summed E-state index contributed by atoms with van der Waals surface area (Å²) in [7, 11) is 6.86. The molecular formula is C87H85Cl2N2P3Ru+2. The largest absolute Gasteiger partial charge is 0.672 e. The molecule has 0 saturated carbocycles. The summed E-state index contributed by atoms with van der Waals surface area (Å²) in [6.07, 6.45) is 10.9. The van der Waals surface area contributed by atoms with Crippen LogP contribution in [0.4, 0.5) is 0 Å². The van der Waals surface area contributed by atoms with E-state index in [2.05, 4.69) is 263 Å². The van der Waals surface area contributed by atoms with E-state index < -0.39 is 35.8 Å². The fourth-order valence-corrected chi connectivity index (χ4v) is 21.9. The maximum Gasteiger partial charge on any atom is -0.0606 e. The molecule has 8 aliphatic rings. The van der Waals surface area contributed by atoms with E-state index in [1.165, 1.54) is 93.0 Å². The standard InChI is InChI=1S/C42H38P2.C31H31P.C14H14N2.2ClH.Ru/c1-2-33-30-36-26-24-32-23-25-34(41(29-32)43(37-15-7-3-8-16-37)38-17-9-4-10-18-38)27-28-35(33)31-42(36)44(39-19-11-5-12-20-39)40-21-13-6-14-22-40;1-3-25-22-27-17-15-24-14-16-26(18-19-28(25)20-23(27)2)31(21-24)32(29-10-6-4-7-11-29)30-12-8-5-9-13-30;15-13(11-7-3-1-4-8-11)14(16)12-9-5-2-6-10-12;;;/h3-23,25,29-31H,2,24,26-28H2,1H3;4-14,16,20-22H,3,15,17-19H2,1-2H3;1-10,13-16H;2*1H;/q;;-2;;;+4/t;;13-,14?;;;/m..1.../s1. The number of hydrogen-bond acceptors (Lipinski definition) is 0. The molecule has 0 fully saturated rings. The van der Waals surface area contributed by atoms with E-state index >= 15 is 0 Å². The van der Waals surface area contributed by atoms with Gasteiger partial charge in [-0.25, -0.2) is 0 Å². The predicted molar refractivity (Wildman–Crippen MR) is 417 cm³/mol. The van der Waals surface area contributed by atoms with Gasteiger partial charge in [-0.1, -0.05) is 268 Å². The van der Waals surface area contributed by atoms with Crippen molar-refractivity contribution >= 4 is 90.9 Å². The summed E-state index contributed by atoms with van der Waals surface area (Å²) >= 11 is -0.346. The zero-order valence-corrected chi connectivity index (χ0v) is 60.8. The second-order valence-electron chi connectivity index (χ2n) is 24.5. The fourth-order valence-electron chi connectivity index (χ4n) is 13.6. The minimum absolute atomic E-state index is 0.346. The third-order valence-electron chi connectivity index (χ3n) is 18.6. The van der Waals surface area contributed by atoms with E-state index in [1.807, 2.05) is 60.7 Å². The van der Waals surface area contributed by atoms with Gasteiger partial charge in [0.05, 0.1) is 15.8 Å². The molecule has 2 atom stereocenters. The normalized spacial score (nSPS) is 13.0. The molecule has 0 radical (unpaired) electrons. The first-order chi connectivity index (χ1) is 46.7. The quantitative estimate of drug-likeness (QED) is 0.0770. The van der Waals surface area contributed by atoms with Crippen LogP contribution >= 0.6 is 43.1 Å². The molecule has 2 nitrogen and oxygen atoms in total. The predicted octanol–water partition coefficient (Wildman–Crippen LogP) is 19.3. The number of hydrogen-bond donors (Lipinski definition) is 0. The Labute approximate surface area is 585 Å². The Kier molecular flexibility index (Phi) is 25.8. The average molecular weight is 1420 g/mol. The van der Waals surface area contributed by atoms with Crippen LogP contribution in [0.15, 0.2) is 303 Å². The van der Waals surface area contributed by atoms with Gasteiger partial charge in [0.15, 0.2) is 0 Å². The molecule has 0 heterocycles. The van der Waals surface area contributed by atoms with Crippen LogP contribution < -0.4 is 47.7 Å². The molecule has 12 aromatic carbocycles. The maximum absolute atomic E-state index is 8.07. The van der Waals surface area contributed by atoms with Gasteiger partial charge in [-0.15, -0.1) is 12.1 Å². The molecule has 0 spiro atoms. The van der Waals surface area contributed by atoms with Crippen molar-refractivity contribution in [1.29, 1.82) is 0 Å².